The van der Waals surface area contributed by atoms with Crippen molar-refractivity contribution >= 4 is 5.96 Å². The molecule has 0 aliphatic rings. The second-order valence-electron chi connectivity index (χ2n) is 4.28. The maximum Gasteiger partial charge on any atom is 0.191 e. The summed E-state index contributed by atoms with van der Waals surface area (Å²) in [5.74, 6) is 1.61. The first kappa shape index (κ1) is 15.3. The van der Waals surface area contributed by atoms with E-state index < -0.39 is 0 Å². The van der Waals surface area contributed by atoms with E-state index in [2.05, 4.69) is 15.6 Å². The molecule has 5 nitrogen and oxygen atoms in total. The van der Waals surface area contributed by atoms with E-state index in [1.807, 2.05) is 31.2 Å². The molecule has 1 aromatic rings. The number of hydrogen-bond acceptors (Lipinski definition) is 3. The molecule has 0 spiro atoms. The van der Waals surface area contributed by atoms with Crippen LogP contribution in [0.4, 0.5) is 0 Å². The standard InChI is InChI=1S/C14H23N3O2/c1-11(10-18-3)17-14(15-2)16-9-12-6-5-7-13(8-12)19-4/h5-8,11H,9-10H2,1-4H3,(H2,15,16,17). The van der Waals surface area contributed by atoms with E-state index in [9.17, 15) is 0 Å². The Kier molecular flexibility index (Phi) is 6.74. The molecular weight excluding hydrogens is 242 g/mol. The SMILES string of the molecule is CN=C(NCc1cccc(OC)c1)NC(C)COC. The number of nitrogens with one attached hydrogen (secondary N) is 2. The van der Waals surface area contributed by atoms with Crippen molar-refractivity contribution in [2.45, 2.75) is 19.5 Å². The lowest BCUT2D eigenvalue weighted by Gasteiger charge is -2.17. The Morgan fingerprint density at radius 3 is 2.79 bits per heavy atom. The summed E-state index contributed by atoms with van der Waals surface area (Å²) in [6, 6.07) is 8.15. The maximum absolute atomic E-state index is 5.19. The fourth-order valence-electron chi connectivity index (χ4n) is 1.69. The number of ether oxygens (including phenoxy) is 2. The zero-order chi connectivity index (χ0) is 14.1. The number of aliphatic imine (C=N–C) groups is 1. The smallest absolute Gasteiger partial charge is 0.191 e. The first-order valence-electron chi connectivity index (χ1n) is 6.28. The number of benzene rings is 1. The highest BCUT2D eigenvalue weighted by molar-refractivity contribution is 5.79. The Balaban J connectivity index is 2.49. The van der Waals surface area contributed by atoms with Gasteiger partial charge in [0.25, 0.3) is 0 Å². The topological polar surface area (TPSA) is 54.9 Å². The van der Waals surface area contributed by atoms with Gasteiger partial charge in [0.2, 0.25) is 0 Å². The molecule has 1 rings (SSSR count). The summed E-state index contributed by atoms with van der Waals surface area (Å²) in [4.78, 5) is 4.18. The summed E-state index contributed by atoms with van der Waals surface area (Å²) in [6.07, 6.45) is 0. The molecule has 0 amide bonds. The van der Waals surface area contributed by atoms with Gasteiger partial charge in [-0.2, -0.15) is 0 Å². The van der Waals surface area contributed by atoms with Crippen LogP contribution >= 0.6 is 0 Å². The van der Waals surface area contributed by atoms with Gasteiger partial charge in [0.05, 0.1) is 13.7 Å². The highest BCUT2D eigenvalue weighted by Crippen LogP contribution is 2.11. The summed E-state index contributed by atoms with van der Waals surface area (Å²) in [5, 5.41) is 6.50. The summed E-state index contributed by atoms with van der Waals surface area (Å²) in [5.41, 5.74) is 1.14. The van der Waals surface area contributed by atoms with Crippen molar-refractivity contribution in [2.24, 2.45) is 4.99 Å². The van der Waals surface area contributed by atoms with Crippen LogP contribution in [0.1, 0.15) is 12.5 Å². The Labute approximate surface area is 115 Å². The molecule has 1 atom stereocenters. The van der Waals surface area contributed by atoms with Crippen molar-refractivity contribution in [3.8, 4) is 5.75 Å². The van der Waals surface area contributed by atoms with Gasteiger partial charge in [-0.25, -0.2) is 0 Å². The molecule has 2 N–H and O–H groups in total. The fraction of sp³-hybridized carbons (Fsp3) is 0.500. The third-order valence-corrected chi connectivity index (χ3v) is 2.62. The second kappa shape index (κ2) is 8.37. The van der Waals surface area contributed by atoms with E-state index in [0.29, 0.717) is 13.2 Å². The van der Waals surface area contributed by atoms with Crippen LogP contribution < -0.4 is 15.4 Å². The quantitative estimate of drug-likeness (QED) is 0.603. The van der Waals surface area contributed by atoms with Crippen molar-refractivity contribution in [1.29, 1.82) is 0 Å². The van der Waals surface area contributed by atoms with Gasteiger partial charge in [-0.15, -0.1) is 0 Å². The molecule has 0 radical (unpaired) electrons. The van der Waals surface area contributed by atoms with E-state index >= 15 is 0 Å². The van der Waals surface area contributed by atoms with E-state index in [-0.39, 0.29) is 6.04 Å². The average Bonchev–Trinajstić information content (AvgIpc) is 2.44. The lowest BCUT2D eigenvalue weighted by Crippen LogP contribution is -2.43. The molecule has 1 aromatic carbocycles. The van der Waals surface area contributed by atoms with Crippen molar-refractivity contribution in [1.82, 2.24) is 10.6 Å². The average molecular weight is 265 g/mol. The van der Waals surface area contributed by atoms with Crippen LogP contribution in [0.25, 0.3) is 0 Å². The Bertz CT molecular complexity index is 407. The number of nitrogens with zero attached hydrogens (tertiary/aromatic N) is 1. The molecule has 0 saturated heterocycles. The third kappa shape index (κ3) is 5.61. The number of guanidine groups is 1. The molecule has 19 heavy (non-hydrogen) atoms. The van der Waals surface area contributed by atoms with Gasteiger partial charge < -0.3 is 20.1 Å². The van der Waals surface area contributed by atoms with Crippen LogP contribution in [0.5, 0.6) is 5.75 Å². The van der Waals surface area contributed by atoms with Crippen LogP contribution in [-0.4, -0.2) is 39.9 Å². The molecular formula is C14H23N3O2. The summed E-state index contributed by atoms with van der Waals surface area (Å²) < 4.78 is 10.3. The fourth-order valence-corrected chi connectivity index (χ4v) is 1.69. The van der Waals surface area contributed by atoms with Crippen molar-refractivity contribution in [3.05, 3.63) is 29.8 Å². The van der Waals surface area contributed by atoms with Gasteiger partial charge in [0.1, 0.15) is 5.75 Å². The lowest BCUT2D eigenvalue weighted by atomic mass is 10.2. The molecule has 0 bridgehead atoms. The number of methoxy groups -OCH3 is 2. The van der Waals surface area contributed by atoms with Gasteiger partial charge in [0.15, 0.2) is 5.96 Å². The maximum atomic E-state index is 5.19. The van der Waals surface area contributed by atoms with Crippen molar-refractivity contribution in [2.75, 3.05) is 27.9 Å². The molecule has 5 heteroatoms. The van der Waals surface area contributed by atoms with Crippen molar-refractivity contribution < 1.29 is 9.47 Å². The highest BCUT2D eigenvalue weighted by atomic mass is 16.5. The van der Waals surface area contributed by atoms with Crippen LogP contribution in [-0.2, 0) is 11.3 Å². The molecule has 0 aromatic heterocycles. The Morgan fingerprint density at radius 1 is 1.37 bits per heavy atom. The Morgan fingerprint density at radius 2 is 2.16 bits per heavy atom. The minimum Gasteiger partial charge on any atom is -0.497 e. The third-order valence-electron chi connectivity index (χ3n) is 2.62. The predicted octanol–water partition coefficient (Wildman–Crippen LogP) is 1.40. The first-order chi connectivity index (χ1) is 9.19. The molecule has 0 aliphatic heterocycles. The monoisotopic (exact) mass is 265 g/mol. The van der Waals surface area contributed by atoms with E-state index in [4.69, 9.17) is 9.47 Å². The molecule has 0 saturated carbocycles. The van der Waals surface area contributed by atoms with Gasteiger partial charge in [0, 0.05) is 26.7 Å². The Hall–Kier alpha value is -1.75. The highest BCUT2D eigenvalue weighted by Gasteiger charge is 2.04. The molecule has 0 aliphatic carbocycles. The van der Waals surface area contributed by atoms with Crippen LogP contribution in [0.2, 0.25) is 0 Å². The van der Waals surface area contributed by atoms with Crippen LogP contribution in [0.15, 0.2) is 29.3 Å². The van der Waals surface area contributed by atoms with Gasteiger partial charge in [-0.05, 0) is 24.6 Å². The van der Waals surface area contributed by atoms with Crippen molar-refractivity contribution in [3.63, 3.8) is 0 Å². The summed E-state index contributed by atoms with van der Waals surface area (Å²) >= 11 is 0. The van der Waals surface area contributed by atoms with Gasteiger partial charge in [-0.3, -0.25) is 4.99 Å². The van der Waals surface area contributed by atoms with Crippen LogP contribution in [0.3, 0.4) is 0 Å². The van der Waals surface area contributed by atoms with E-state index in [1.54, 1.807) is 21.3 Å². The van der Waals surface area contributed by atoms with E-state index in [0.717, 1.165) is 17.3 Å². The largest absolute Gasteiger partial charge is 0.497 e. The van der Waals surface area contributed by atoms with E-state index in [1.165, 1.54) is 0 Å². The molecule has 106 valence electrons. The summed E-state index contributed by atoms with van der Waals surface area (Å²) in [7, 11) is 5.10. The van der Waals surface area contributed by atoms with Gasteiger partial charge in [-0.1, -0.05) is 12.1 Å². The zero-order valence-electron chi connectivity index (χ0n) is 12.1. The zero-order valence-corrected chi connectivity index (χ0v) is 12.1. The minimum atomic E-state index is 0.210. The second-order valence-corrected chi connectivity index (χ2v) is 4.28. The van der Waals surface area contributed by atoms with Crippen LogP contribution in [0, 0.1) is 0 Å². The first-order valence-corrected chi connectivity index (χ1v) is 6.28. The molecule has 0 heterocycles. The van der Waals surface area contributed by atoms with Gasteiger partial charge >= 0.3 is 0 Å². The predicted molar refractivity (Wildman–Crippen MR) is 77.7 cm³/mol. The number of hydrogen-bond donors (Lipinski definition) is 2. The minimum absolute atomic E-state index is 0.210. The molecule has 0 fully saturated rings. The molecule has 1 unspecified atom stereocenters. The summed E-state index contributed by atoms with van der Waals surface area (Å²) in [6.45, 7) is 3.37. The lowest BCUT2D eigenvalue weighted by molar-refractivity contribution is 0.179. The number of rotatable bonds is 6. The normalized spacial score (nSPS) is 12.9.